The Morgan fingerprint density at radius 3 is 2.76 bits per heavy atom. The number of thiazole rings is 1. The highest BCUT2D eigenvalue weighted by atomic mass is 32.2. The number of thiophene rings is 1. The molecule has 6 nitrogen and oxygen atoms in total. The van der Waals surface area contributed by atoms with Crippen LogP contribution in [0.25, 0.3) is 20.8 Å². The molecule has 150 valence electrons. The highest BCUT2D eigenvalue weighted by Crippen LogP contribution is 2.36. The van der Waals surface area contributed by atoms with E-state index in [2.05, 4.69) is 4.98 Å². The van der Waals surface area contributed by atoms with Crippen molar-refractivity contribution in [2.45, 2.75) is 24.4 Å². The van der Waals surface area contributed by atoms with Crippen molar-refractivity contribution in [2.75, 3.05) is 14.2 Å². The maximum atomic E-state index is 12.6. The fourth-order valence-corrected chi connectivity index (χ4v) is 5.61. The zero-order chi connectivity index (χ0) is 20.4. The molecule has 0 amide bonds. The lowest BCUT2D eigenvalue weighted by Gasteiger charge is -2.09. The minimum Gasteiger partial charge on any atom is -0.497 e. The number of nitrogens with zero attached hydrogens (tertiary/aromatic N) is 3. The molecule has 3 heterocycles. The summed E-state index contributed by atoms with van der Waals surface area (Å²) in [7, 11) is 3.27. The Bertz CT molecular complexity index is 1210. The number of ether oxygens (including phenoxy) is 2. The summed E-state index contributed by atoms with van der Waals surface area (Å²) in [6, 6.07) is 7.59. The Hall–Kier alpha value is -2.36. The monoisotopic (exact) mass is 445 g/mol. The van der Waals surface area contributed by atoms with E-state index < -0.39 is 0 Å². The van der Waals surface area contributed by atoms with E-state index in [1.807, 2.05) is 41.9 Å². The third-order valence-corrected chi connectivity index (χ3v) is 7.21. The molecule has 9 heteroatoms. The zero-order valence-electron chi connectivity index (χ0n) is 16.2. The Balaban J connectivity index is 1.58. The third kappa shape index (κ3) is 3.90. The van der Waals surface area contributed by atoms with E-state index in [0.717, 1.165) is 38.4 Å². The van der Waals surface area contributed by atoms with Crippen molar-refractivity contribution in [3.05, 3.63) is 51.1 Å². The molecule has 0 N–H and O–H groups in total. The van der Waals surface area contributed by atoms with Gasteiger partial charge in [0.25, 0.3) is 5.56 Å². The number of hydrogen-bond acceptors (Lipinski definition) is 8. The fourth-order valence-electron chi connectivity index (χ4n) is 2.92. The second-order valence-corrected chi connectivity index (χ2v) is 8.79. The molecule has 0 spiro atoms. The van der Waals surface area contributed by atoms with Gasteiger partial charge in [-0.2, -0.15) is 0 Å². The Labute approximate surface area is 180 Å². The number of rotatable bonds is 7. The summed E-state index contributed by atoms with van der Waals surface area (Å²) < 4.78 is 13.2. The van der Waals surface area contributed by atoms with Gasteiger partial charge in [0.05, 0.1) is 31.0 Å². The number of methoxy groups -OCH3 is 2. The molecule has 0 aliphatic carbocycles. The van der Waals surface area contributed by atoms with Crippen LogP contribution in [0, 0.1) is 0 Å². The van der Waals surface area contributed by atoms with E-state index in [4.69, 9.17) is 14.5 Å². The average Bonchev–Trinajstić information content (AvgIpc) is 3.41. The van der Waals surface area contributed by atoms with Gasteiger partial charge in [-0.25, -0.2) is 9.97 Å². The van der Waals surface area contributed by atoms with Crippen LogP contribution in [-0.4, -0.2) is 28.8 Å². The predicted octanol–water partition coefficient (Wildman–Crippen LogP) is 4.91. The lowest BCUT2D eigenvalue weighted by molar-refractivity contribution is 0.395. The quantitative estimate of drug-likeness (QED) is 0.297. The van der Waals surface area contributed by atoms with Crippen molar-refractivity contribution < 1.29 is 9.47 Å². The van der Waals surface area contributed by atoms with Gasteiger partial charge in [-0.1, -0.05) is 11.8 Å². The smallest absolute Gasteiger partial charge is 0.272 e. The van der Waals surface area contributed by atoms with Crippen LogP contribution in [0.3, 0.4) is 0 Å². The van der Waals surface area contributed by atoms with E-state index in [1.54, 1.807) is 30.1 Å². The van der Waals surface area contributed by atoms with Crippen molar-refractivity contribution >= 4 is 44.7 Å². The first-order valence-corrected chi connectivity index (χ1v) is 11.7. The molecule has 4 aromatic rings. The minimum atomic E-state index is 0.0249. The van der Waals surface area contributed by atoms with Gasteiger partial charge in [-0.05, 0) is 30.5 Å². The first-order valence-electron chi connectivity index (χ1n) is 8.92. The summed E-state index contributed by atoms with van der Waals surface area (Å²) in [5.74, 6) is 2.10. The summed E-state index contributed by atoms with van der Waals surface area (Å²) in [4.78, 5) is 22.1. The van der Waals surface area contributed by atoms with Crippen LogP contribution >= 0.6 is 34.4 Å². The van der Waals surface area contributed by atoms with Gasteiger partial charge in [-0.15, -0.1) is 22.7 Å². The van der Waals surface area contributed by atoms with Gasteiger partial charge >= 0.3 is 0 Å². The van der Waals surface area contributed by atoms with E-state index in [0.29, 0.717) is 17.0 Å². The van der Waals surface area contributed by atoms with Crippen LogP contribution in [0.4, 0.5) is 0 Å². The standard InChI is InChI=1S/C20H19N3O3S3/c1-4-23-19(24)17-15(7-8-27-17)22-20(23)29-11-12-10-28-18(21-12)14-6-5-13(25-2)9-16(14)26-3/h5-10H,4,11H2,1-3H3. The molecule has 3 aromatic heterocycles. The summed E-state index contributed by atoms with van der Waals surface area (Å²) >= 11 is 4.53. The second kappa shape index (κ2) is 8.56. The molecule has 0 bridgehead atoms. The summed E-state index contributed by atoms with van der Waals surface area (Å²) in [5.41, 5.74) is 2.65. The van der Waals surface area contributed by atoms with Gasteiger partial charge in [0.2, 0.25) is 0 Å². The second-order valence-electron chi connectivity index (χ2n) is 6.08. The SMILES string of the molecule is CCn1c(SCc2csc(-c3ccc(OC)cc3OC)n2)nc2ccsc2c1=O. The molecule has 4 rings (SSSR count). The van der Waals surface area contributed by atoms with Crippen molar-refractivity contribution in [2.24, 2.45) is 0 Å². The molecule has 0 aliphatic rings. The Kier molecular flexibility index (Phi) is 5.89. The van der Waals surface area contributed by atoms with Crippen LogP contribution in [0.5, 0.6) is 11.5 Å². The number of aromatic nitrogens is 3. The average molecular weight is 446 g/mol. The van der Waals surface area contributed by atoms with Gasteiger partial charge in [0, 0.05) is 23.7 Å². The molecular formula is C20H19N3O3S3. The largest absolute Gasteiger partial charge is 0.497 e. The molecule has 0 radical (unpaired) electrons. The molecule has 0 aliphatic heterocycles. The topological polar surface area (TPSA) is 66.2 Å². The first kappa shape index (κ1) is 19.9. The minimum absolute atomic E-state index is 0.0249. The highest BCUT2D eigenvalue weighted by Gasteiger charge is 2.14. The molecular weight excluding hydrogens is 426 g/mol. The van der Waals surface area contributed by atoms with Crippen LogP contribution < -0.4 is 15.0 Å². The van der Waals surface area contributed by atoms with Gasteiger partial charge in [0.15, 0.2) is 5.16 Å². The summed E-state index contributed by atoms with van der Waals surface area (Å²) in [5, 5.41) is 5.54. The highest BCUT2D eigenvalue weighted by molar-refractivity contribution is 7.98. The number of benzene rings is 1. The van der Waals surface area contributed by atoms with Crippen LogP contribution in [0.2, 0.25) is 0 Å². The van der Waals surface area contributed by atoms with Crippen molar-refractivity contribution in [3.63, 3.8) is 0 Å². The normalized spacial score (nSPS) is 11.1. The molecule has 0 saturated carbocycles. The van der Waals surface area contributed by atoms with Crippen molar-refractivity contribution in [1.82, 2.24) is 14.5 Å². The Morgan fingerprint density at radius 2 is 2.00 bits per heavy atom. The number of hydrogen-bond donors (Lipinski definition) is 0. The number of fused-ring (bicyclic) bond motifs is 1. The molecule has 0 atom stereocenters. The zero-order valence-corrected chi connectivity index (χ0v) is 18.6. The Morgan fingerprint density at radius 1 is 1.14 bits per heavy atom. The van der Waals surface area contributed by atoms with E-state index in [1.165, 1.54) is 23.1 Å². The van der Waals surface area contributed by atoms with Crippen LogP contribution in [0.1, 0.15) is 12.6 Å². The van der Waals surface area contributed by atoms with Crippen molar-refractivity contribution in [3.8, 4) is 22.1 Å². The van der Waals surface area contributed by atoms with E-state index in [-0.39, 0.29) is 5.56 Å². The molecule has 0 unspecified atom stereocenters. The lowest BCUT2D eigenvalue weighted by atomic mass is 10.2. The van der Waals surface area contributed by atoms with Crippen LogP contribution in [-0.2, 0) is 12.3 Å². The maximum Gasteiger partial charge on any atom is 0.272 e. The maximum absolute atomic E-state index is 12.6. The summed E-state index contributed by atoms with van der Waals surface area (Å²) in [6.07, 6.45) is 0. The van der Waals surface area contributed by atoms with Gasteiger partial charge in [0.1, 0.15) is 21.2 Å². The van der Waals surface area contributed by atoms with E-state index >= 15 is 0 Å². The molecule has 29 heavy (non-hydrogen) atoms. The predicted molar refractivity (Wildman–Crippen MR) is 120 cm³/mol. The van der Waals surface area contributed by atoms with Gasteiger partial charge in [-0.3, -0.25) is 9.36 Å². The molecule has 0 fully saturated rings. The van der Waals surface area contributed by atoms with Crippen LogP contribution in [0.15, 0.2) is 45.0 Å². The van der Waals surface area contributed by atoms with E-state index in [9.17, 15) is 4.79 Å². The van der Waals surface area contributed by atoms with Crippen molar-refractivity contribution in [1.29, 1.82) is 0 Å². The first-order chi connectivity index (χ1) is 14.1. The fraction of sp³-hybridized carbons (Fsp3) is 0.250. The lowest BCUT2D eigenvalue weighted by Crippen LogP contribution is -2.21. The van der Waals surface area contributed by atoms with Gasteiger partial charge < -0.3 is 9.47 Å². The molecule has 0 saturated heterocycles. The third-order valence-electron chi connectivity index (χ3n) is 4.39. The summed E-state index contributed by atoms with van der Waals surface area (Å²) in [6.45, 7) is 2.55. The molecule has 1 aromatic carbocycles. The number of thioether (sulfide) groups is 1.